The minimum Gasteiger partial charge on any atom is -0.504 e. The SMILES string of the molecule is Cc1ccc(C=CC(=O)c2cc(Br)cc(Br)c(=O)c2O)cc1. The summed E-state index contributed by atoms with van der Waals surface area (Å²) in [5.41, 5.74) is 1.31. The quantitative estimate of drug-likeness (QED) is 0.584. The summed E-state index contributed by atoms with van der Waals surface area (Å²) < 4.78 is 0.697. The zero-order valence-electron chi connectivity index (χ0n) is 11.6. The van der Waals surface area contributed by atoms with Crippen molar-refractivity contribution >= 4 is 43.7 Å². The van der Waals surface area contributed by atoms with Gasteiger partial charge in [-0.25, -0.2) is 0 Å². The van der Waals surface area contributed by atoms with E-state index >= 15 is 0 Å². The molecule has 0 aromatic heterocycles. The highest BCUT2D eigenvalue weighted by Gasteiger charge is 2.13. The van der Waals surface area contributed by atoms with Gasteiger partial charge in [-0.1, -0.05) is 51.8 Å². The molecule has 22 heavy (non-hydrogen) atoms. The standard InChI is InChI=1S/C17H12Br2O3/c1-10-2-4-11(5-3-10)6-7-15(20)13-8-12(18)9-14(19)17(22)16(13)21/h2-9H,1H3,(H,21,22). The van der Waals surface area contributed by atoms with Gasteiger partial charge in [-0.05, 0) is 46.6 Å². The molecule has 0 atom stereocenters. The molecule has 0 amide bonds. The Labute approximate surface area is 144 Å². The van der Waals surface area contributed by atoms with Crippen LogP contribution in [0, 0.1) is 6.92 Å². The van der Waals surface area contributed by atoms with Crippen LogP contribution in [0.1, 0.15) is 21.5 Å². The average molecular weight is 424 g/mol. The number of rotatable bonds is 3. The maximum atomic E-state index is 12.2. The number of aryl methyl sites for hydroxylation is 1. The van der Waals surface area contributed by atoms with Crippen LogP contribution in [-0.2, 0) is 0 Å². The normalized spacial score (nSPS) is 10.9. The summed E-state index contributed by atoms with van der Waals surface area (Å²) in [5, 5.41) is 9.95. The van der Waals surface area contributed by atoms with Gasteiger partial charge in [0.1, 0.15) is 0 Å². The molecule has 2 aromatic rings. The summed E-state index contributed by atoms with van der Waals surface area (Å²) in [6.07, 6.45) is 2.97. The summed E-state index contributed by atoms with van der Waals surface area (Å²) in [7, 11) is 0. The van der Waals surface area contributed by atoms with E-state index in [4.69, 9.17) is 0 Å². The Hall–Kier alpha value is -1.72. The predicted octanol–water partition coefficient (Wildman–Crippen LogP) is 4.48. The minimum atomic E-state index is -0.627. The molecule has 0 saturated carbocycles. The van der Waals surface area contributed by atoms with Gasteiger partial charge in [0.15, 0.2) is 11.5 Å². The van der Waals surface area contributed by atoms with Gasteiger partial charge in [-0.2, -0.15) is 0 Å². The Morgan fingerprint density at radius 2 is 1.77 bits per heavy atom. The third kappa shape index (κ3) is 3.93. The third-order valence-corrected chi connectivity index (χ3v) is 4.05. The third-order valence-electron chi connectivity index (χ3n) is 3.00. The maximum absolute atomic E-state index is 12.2. The van der Waals surface area contributed by atoms with Gasteiger partial charge in [0.2, 0.25) is 5.43 Å². The number of hydrogen-bond acceptors (Lipinski definition) is 3. The molecule has 112 valence electrons. The number of allylic oxidation sites excluding steroid dienone is 1. The second kappa shape index (κ2) is 7.03. The van der Waals surface area contributed by atoms with Crippen molar-refractivity contribution in [1.29, 1.82) is 0 Å². The topological polar surface area (TPSA) is 54.4 Å². The zero-order chi connectivity index (χ0) is 16.3. The van der Waals surface area contributed by atoms with Gasteiger partial charge in [0.05, 0.1) is 10.0 Å². The Morgan fingerprint density at radius 1 is 1.14 bits per heavy atom. The lowest BCUT2D eigenvalue weighted by atomic mass is 10.1. The van der Waals surface area contributed by atoms with E-state index in [1.807, 2.05) is 31.2 Å². The van der Waals surface area contributed by atoms with Crippen molar-refractivity contribution in [2.75, 3.05) is 0 Å². The first-order chi connectivity index (χ1) is 10.4. The second-order valence-corrected chi connectivity index (χ2v) is 6.49. The molecule has 0 fully saturated rings. The molecular weight excluding hydrogens is 412 g/mol. The fourth-order valence-electron chi connectivity index (χ4n) is 1.80. The molecule has 0 heterocycles. The number of hydrogen-bond donors (Lipinski definition) is 1. The highest BCUT2D eigenvalue weighted by Crippen LogP contribution is 2.21. The molecule has 0 aliphatic rings. The maximum Gasteiger partial charge on any atom is 0.235 e. The number of ketones is 1. The van der Waals surface area contributed by atoms with E-state index in [1.165, 1.54) is 18.2 Å². The number of carbonyl (C=O) groups is 1. The predicted molar refractivity (Wildman–Crippen MR) is 94.3 cm³/mol. The van der Waals surface area contributed by atoms with Gasteiger partial charge in [0, 0.05) is 4.47 Å². The van der Waals surface area contributed by atoms with Crippen LogP contribution in [0.3, 0.4) is 0 Å². The molecule has 3 nitrogen and oxygen atoms in total. The minimum absolute atomic E-state index is 0.0501. The van der Waals surface area contributed by atoms with Gasteiger partial charge in [-0.3, -0.25) is 9.59 Å². The molecule has 5 heteroatoms. The molecule has 0 spiro atoms. The van der Waals surface area contributed by atoms with Crippen molar-refractivity contribution in [1.82, 2.24) is 0 Å². The van der Waals surface area contributed by atoms with Crippen LogP contribution in [0.5, 0.6) is 5.75 Å². The van der Waals surface area contributed by atoms with Crippen LogP contribution < -0.4 is 5.43 Å². The average Bonchev–Trinajstić information content (AvgIpc) is 2.58. The lowest BCUT2D eigenvalue weighted by molar-refractivity contribution is 0.104. The van der Waals surface area contributed by atoms with Crippen LogP contribution >= 0.6 is 31.9 Å². The summed E-state index contributed by atoms with van der Waals surface area (Å²) in [4.78, 5) is 24.1. The van der Waals surface area contributed by atoms with Gasteiger partial charge < -0.3 is 5.11 Å². The van der Waals surface area contributed by atoms with Crippen LogP contribution in [0.2, 0.25) is 0 Å². The van der Waals surface area contributed by atoms with Crippen molar-refractivity contribution in [3.8, 4) is 5.75 Å². The summed E-state index contributed by atoms with van der Waals surface area (Å²) in [5.74, 6) is -1.02. The van der Waals surface area contributed by atoms with Crippen molar-refractivity contribution in [3.05, 3.63) is 78.3 Å². The molecule has 1 N–H and O–H groups in total. The first-order valence-electron chi connectivity index (χ1n) is 6.40. The van der Waals surface area contributed by atoms with Gasteiger partial charge >= 0.3 is 0 Å². The number of benzene rings is 1. The fourth-order valence-corrected chi connectivity index (χ4v) is 3.00. The molecule has 0 saturated heterocycles. The van der Waals surface area contributed by atoms with Gasteiger partial charge in [-0.15, -0.1) is 0 Å². The van der Waals surface area contributed by atoms with Crippen molar-refractivity contribution in [3.63, 3.8) is 0 Å². The highest BCUT2D eigenvalue weighted by molar-refractivity contribution is 9.11. The lowest BCUT2D eigenvalue weighted by Crippen LogP contribution is -2.03. The van der Waals surface area contributed by atoms with E-state index in [-0.39, 0.29) is 10.0 Å². The van der Waals surface area contributed by atoms with E-state index in [0.29, 0.717) is 4.47 Å². The molecule has 0 radical (unpaired) electrons. The number of halogens is 2. The number of aromatic hydroxyl groups is 1. The van der Waals surface area contributed by atoms with E-state index in [9.17, 15) is 14.7 Å². The molecular formula is C17H12Br2O3. The van der Waals surface area contributed by atoms with E-state index in [1.54, 1.807) is 6.08 Å². The summed E-state index contributed by atoms with van der Waals surface area (Å²) in [6, 6.07) is 10.6. The van der Waals surface area contributed by atoms with Crippen molar-refractivity contribution in [2.24, 2.45) is 0 Å². The highest BCUT2D eigenvalue weighted by atomic mass is 79.9. The second-order valence-electron chi connectivity index (χ2n) is 4.72. The summed E-state index contributed by atoms with van der Waals surface area (Å²) >= 11 is 6.29. The van der Waals surface area contributed by atoms with E-state index in [0.717, 1.165) is 11.1 Å². The van der Waals surface area contributed by atoms with Crippen LogP contribution in [0.4, 0.5) is 0 Å². The van der Waals surface area contributed by atoms with Crippen LogP contribution in [0.15, 0.2) is 56.2 Å². The number of carbonyl (C=O) groups excluding carboxylic acids is 1. The monoisotopic (exact) mass is 422 g/mol. The molecule has 2 aromatic carbocycles. The lowest BCUT2D eigenvalue weighted by Gasteiger charge is -1.97. The molecule has 0 aliphatic carbocycles. The Kier molecular flexibility index (Phi) is 5.32. The Morgan fingerprint density at radius 3 is 2.41 bits per heavy atom. The van der Waals surface area contributed by atoms with E-state index < -0.39 is 17.0 Å². The van der Waals surface area contributed by atoms with E-state index in [2.05, 4.69) is 31.9 Å². The molecule has 0 aliphatic heterocycles. The smallest absolute Gasteiger partial charge is 0.235 e. The molecule has 2 rings (SSSR count). The first kappa shape index (κ1) is 16.6. The van der Waals surface area contributed by atoms with Crippen molar-refractivity contribution in [2.45, 2.75) is 6.92 Å². The zero-order valence-corrected chi connectivity index (χ0v) is 14.8. The van der Waals surface area contributed by atoms with Crippen LogP contribution in [0.25, 0.3) is 6.08 Å². The molecule has 0 bridgehead atoms. The largest absolute Gasteiger partial charge is 0.504 e. The van der Waals surface area contributed by atoms with Gasteiger partial charge in [0.25, 0.3) is 0 Å². The Bertz CT molecular complexity index is 809. The fraction of sp³-hybridized carbons (Fsp3) is 0.0588. The van der Waals surface area contributed by atoms with Crippen molar-refractivity contribution < 1.29 is 9.90 Å². The summed E-state index contributed by atoms with van der Waals surface area (Å²) in [6.45, 7) is 1.98. The Balaban J connectivity index is 2.40. The molecule has 0 unspecified atom stereocenters. The first-order valence-corrected chi connectivity index (χ1v) is 7.98. The van der Waals surface area contributed by atoms with Crippen LogP contribution in [-0.4, -0.2) is 10.9 Å².